The number of carbonyl (C=O) groups is 1. The summed E-state index contributed by atoms with van der Waals surface area (Å²) < 4.78 is 0. The minimum Gasteiger partial charge on any atom is -0.355 e. The predicted molar refractivity (Wildman–Crippen MR) is 91.2 cm³/mol. The summed E-state index contributed by atoms with van der Waals surface area (Å²) in [5.41, 5.74) is 1.08. The quantitative estimate of drug-likeness (QED) is 0.776. The van der Waals surface area contributed by atoms with Crippen LogP contribution in [-0.4, -0.2) is 31.3 Å². The molecular formula is C15H20Cl2N2OS. The van der Waals surface area contributed by atoms with Gasteiger partial charge in [-0.15, -0.1) is 0 Å². The molecule has 0 aliphatic carbocycles. The fourth-order valence-electron chi connectivity index (χ4n) is 2.30. The summed E-state index contributed by atoms with van der Waals surface area (Å²) in [6.45, 7) is 2.60. The lowest BCUT2D eigenvalue weighted by molar-refractivity contribution is -0.125. The van der Waals surface area contributed by atoms with Crippen molar-refractivity contribution in [2.45, 2.75) is 18.6 Å². The lowest BCUT2D eigenvalue weighted by Gasteiger charge is -2.21. The first kappa shape index (κ1) is 16.9. The zero-order valence-electron chi connectivity index (χ0n) is 11.8. The van der Waals surface area contributed by atoms with Crippen LogP contribution < -0.4 is 10.6 Å². The monoisotopic (exact) mass is 346 g/mol. The molecule has 0 aromatic heterocycles. The second-order valence-corrected chi connectivity index (χ2v) is 7.05. The van der Waals surface area contributed by atoms with Crippen LogP contribution in [-0.2, 0) is 10.5 Å². The Morgan fingerprint density at radius 3 is 2.81 bits per heavy atom. The second-order valence-electron chi connectivity index (χ2n) is 5.10. The van der Waals surface area contributed by atoms with Crippen molar-refractivity contribution in [1.29, 1.82) is 0 Å². The summed E-state index contributed by atoms with van der Waals surface area (Å²) >= 11 is 13.7. The molecule has 1 aromatic carbocycles. The molecule has 0 saturated carbocycles. The molecule has 3 nitrogen and oxygen atoms in total. The molecule has 0 radical (unpaired) electrons. The zero-order valence-corrected chi connectivity index (χ0v) is 14.2. The molecule has 6 heteroatoms. The maximum absolute atomic E-state index is 11.9. The molecule has 1 aliphatic rings. The third-order valence-corrected chi connectivity index (χ3v) is 5.12. The van der Waals surface area contributed by atoms with E-state index < -0.39 is 0 Å². The van der Waals surface area contributed by atoms with E-state index in [1.165, 1.54) is 0 Å². The highest BCUT2D eigenvalue weighted by Crippen LogP contribution is 2.24. The number of halogens is 2. The molecule has 0 bridgehead atoms. The van der Waals surface area contributed by atoms with Crippen LogP contribution in [0.25, 0.3) is 0 Å². The largest absolute Gasteiger partial charge is 0.355 e. The van der Waals surface area contributed by atoms with Crippen LogP contribution in [0.4, 0.5) is 0 Å². The third kappa shape index (κ3) is 5.70. The van der Waals surface area contributed by atoms with Crippen molar-refractivity contribution in [1.82, 2.24) is 10.6 Å². The topological polar surface area (TPSA) is 41.1 Å². The number of benzene rings is 1. The standard InChI is InChI=1S/C15H20Cl2N2OS/c16-13-2-1-12(14(17)9-13)10-21-8-7-19-15(20)11-3-5-18-6-4-11/h1-2,9,11,18H,3-8,10H2,(H,19,20). The Balaban J connectivity index is 1.62. The van der Waals surface area contributed by atoms with Crippen molar-refractivity contribution < 1.29 is 4.79 Å². The van der Waals surface area contributed by atoms with E-state index in [0.29, 0.717) is 16.6 Å². The molecule has 0 unspecified atom stereocenters. The molecule has 21 heavy (non-hydrogen) atoms. The lowest BCUT2D eigenvalue weighted by atomic mass is 9.97. The van der Waals surface area contributed by atoms with E-state index in [9.17, 15) is 4.79 Å². The van der Waals surface area contributed by atoms with Gasteiger partial charge in [-0.3, -0.25) is 4.79 Å². The zero-order chi connectivity index (χ0) is 15.1. The SMILES string of the molecule is O=C(NCCSCc1ccc(Cl)cc1Cl)C1CCNCC1. The van der Waals surface area contributed by atoms with Crippen LogP contribution >= 0.6 is 35.0 Å². The van der Waals surface area contributed by atoms with Gasteiger partial charge in [0.15, 0.2) is 0 Å². The number of hydrogen-bond acceptors (Lipinski definition) is 3. The molecule has 0 spiro atoms. The van der Waals surface area contributed by atoms with Gasteiger partial charge in [-0.05, 0) is 43.6 Å². The van der Waals surface area contributed by atoms with Gasteiger partial charge in [0, 0.05) is 34.0 Å². The first-order chi connectivity index (χ1) is 10.2. The number of amides is 1. The van der Waals surface area contributed by atoms with E-state index in [1.54, 1.807) is 17.8 Å². The number of piperidine rings is 1. The highest BCUT2D eigenvalue weighted by atomic mass is 35.5. The van der Waals surface area contributed by atoms with Gasteiger partial charge in [0.05, 0.1) is 0 Å². The average molecular weight is 347 g/mol. The van der Waals surface area contributed by atoms with Crippen molar-refractivity contribution in [3.8, 4) is 0 Å². The fraction of sp³-hybridized carbons (Fsp3) is 0.533. The highest BCUT2D eigenvalue weighted by Gasteiger charge is 2.19. The van der Waals surface area contributed by atoms with E-state index in [1.807, 2.05) is 12.1 Å². The van der Waals surface area contributed by atoms with Gasteiger partial charge in [0.2, 0.25) is 5.91 Å². The fourth-order valence-corrected chi connectivity index (χ4v) is 3.71. The van der Waals surface area contributed by atoms with Gasteiger partial charge >= 0.3 is 0 Å². The van der Waals surface area contributed by atoms with Crippen LogP contribution in [0.2, 0.25) is 10.0 Å². The summed E-state index contributed by atoms with van der Waals surface area (Å²) in [7, 11) is 0. The van der Waals surface area contributed by atoms with Crippen molar-refractivity contribution >= 4 is 40.9 Å². The Hall–Kier alpha value is -0.420. The number of thioether (sulfide) groups is 1. The van der Waals surface area contributed by atoms with E-state index in [0.717, 1.165) is 43.0 Å². The molecule has 1 amide bonds. The smallest absolute Gasteiger partial charge is 0.223 e. The molecule has 2 N–H and O–H groups in total. The van der Waals surface area contributed by atoms with E-state index >= 15 is 0 Å². The van der Waals surface area contributed by atoms with E-state index in [2.05, 4.69) is 10.6 Å². The van der Waals surface area contributed by atoms with Crippen LogP contribution in [0.1, 0.15) is 18.4 Å². The number of nitrogens with one attached hydrogen (secondary N) is 2. The minimum absolute atomic E-state index is 0.182. The van der Waals surface area contributed by atoms with E-state index in [-0.39, 0.29) is 11.8 Å². The Morgan fingerprint density at radius 2 is 2.10 bits per heavy atom. The molecule has 1 heterocycles. The normalized spacial score (nSPS) is 15.9. The molecule has 1 saturated heterocycles. The highest BCUT2D eigenvalue weighted by molar-refractivity contribution is 7.98. The Bertz CT molecular complexity index is 479. The molecule has 116 valence electrons. The van der Waals surface area contributed by atoms with Gasteiger partial charge in [0.25, 0.3) is 0 Å². The first-order valence-corrected chi connectivity index (χ1v) is 9.08. The lowest BCUT2D eigenvalue weighted by Crippen LogP contribution is -2.38. The maximum Gasteiger partial charge on any atom is 0.223 e. The number of rotatable bonds is 6. The summed E-state index contributed by atoms with van der Waals surface area (Å²) in [6.07, 6.45) is 1.89. The molecule has 1 aliphatic heterocycles. The summed E-state index contributed by atoms with van der Waals surface area (Å²) in [6, 6.07) is 5.56. The summed E-state index contributed by atoms with van der Waals surface area (Å²) in [5.74, 6) is 2.10. The van der Waals surface area contributed by atoms with Gasteiger partial charge in [-0.1, -0.05) is 29.3 Å². The summed E-state index contributed by atoms with van der Waals surface area (Å²) in [5, 5.41) is 7.65. The van der Waals surface area contributed by atoms with Crippen LogP contribution in [0.3, 0.4) is 0 Å². The Morgan fingerprint density at radius 1 is 1.33 bits per heavy atom. The first-order valence-electron chi connectivity index (χ1n) is 7.17. The summed E-state index contributed by atoms with van der Waals surface area (Å²) in [4.78, 5) is 11.9. The average Bonchev–Trinajstić information content (AvgIpc) is 2.49. The van der Waals surface area contributed by atoms with Gasteiger partial charge in [-0.2, -0.15) is 11.8 Å². The third-order valence-electron chi connectivity index (χ3n) is 3.53. The van der Waals surface area contributed by atoms with E-state index in [4.69, 9.17) is 23.2 Å². The van der Waals surface area contributed by atoms with Crippen molar-refractivity contribution in [2.75, 3.05) is 25.4 Å². The Labute approximate surface area is 140 Å². The van der Waals surface area contributed by atoms with Gasteiger partial charge in [-0.25, -0.2) is 0 Å². The number of carbonyl (C=O) groups excluding carboxylic acids is 1. The molecule has 1 fully saturated rings. The second kappa shape index (κ2) is 8.89. The maximum atomic E-state index is 11.9. The molecule has 1 aromatic rings. The van der Waals surface area contributed by atoms with Crippen molar-refractivity contribution in [2.24, 2.45) is 5.92 Å². The minimum atomic E-state index is 0.182. The predicted octanol–water partition coefficient (Wildman–Crippen LogP) is 3.34. The van der Waals surface area contributed by atoms with Crippen LogP contribution in [0.15, 0.2) is 18.2 Å². The Kier molecular flexibility index (Phi) is 7.17. The van der Waals surface area contributed by atoms with Crippen LogP contribution in [0, 0.1) is 5.92 Å². The van der Waals surface area contributed by atoms with Gasteiger partial charge in [0.1, 0.15) is 0 Å². The molecule has 0 atom stereocenters. The molecule has 2 rings (SSSR count). The van der Waals surface area contributed by atoms with Gasteiger partial charge < -0.3 is 10.6 Å². The van der Waals surface area contributed by atoms with Crippen molar-refractivity contribution in [3.05, 3.63) is 33.8 Å². The van der Waals surface area contributed by atoms with Crippen LogP contribution in [0.5, 0.6) is 0 Å². The van der Waals surface area contributed by atoms with Crippen molar-refractivity contribution in [3.63, 3.8) is 0 Å². The number of hydrogen-bond donors (Lipinski definition) is 2. The molecular weight excluding hydrogens is 327 g/mol.